The van der Waals surface area contributed by atoms with Crippen molar-refractivity contribution in [2.24, 2.45) is 11.8 Å². The monoisotopic (exact) mass is 290 g/mol. The van der Waals surface area contributed by atoms with Crippen LogP contribution in [0.15, 0.2) is 6.07 Å². The van der Waals surface area contributed by atoms with E-state index in [0.717, 1.165) is 36.1 Å². The molecule has 2 aromatic heterocycles. The molecule has 1 aliphatic rings. The zero-order valence-electron chi connectivity index (χ0n) is 12.4. The number of fused-ring (bicyclic) bond motifs is 1. The van der Waals surface area contributed by atoms with Gasteiger partial charge in [0.1, 0.15) is 10.6 Å². The molecule has 0 amide bonds. The Morgan fingerprint density at radius 2 is 2.15 bits per heavy atom. The smallest absolute Gasteiger partial charge is 0.223 e. The number of piperidine rings is 1. The lowest BCUT2D eigenvalue weighted by atomic mass is 9.88. The van der Waals surface area contributed by atoms with Gasteiger partial charge >= 0.3 is 0 Å². The van der Waals surface area contributed by atoms with Crippen molar-refractivity contribution in [1.82, 2.24) is 9.97 Å². The van der Waals surface area contributed by atoms with Crippen molar-refractivity contribution in [2.75, 3.05) is 23.7 Å². The third-order valence-electron chi connectivity index (χ3n) is 4.42. The summed E-state index contributed by atoms with van der Waals surface area (Å²) in [6, 6.07) is 2.23. The minimum Gasteiger partial charge on any atom is -0.368 e. The summed E-state index contributed by atoms with van der Waals surface area (Å²) in [6.45, 7) is 8.96. The lowest BCUT2D eigenvalue weighted by molar-refractivity contribution is 0.323. The molecule has 0 aliphatic carbocycles. The second kappa shape index (κ2) is 5.20. The molecule has 4 nitrogen and oxygen atoms in total. The summed E-state index contributed by atoms with van der Waals surface area (Å²) >= 11 is 1.73. The van der Waals surface area contributed by atoms with E-state index in [1.807, 2.05) is 0 Å². The number of hydrogen-bond acceptors (Lipinski definition) is 5. The van der Waals surface area contributed by atoms with Gasteiger partial charge in [-0.05, 0) is 30.7 Å². The summed E-state index contributed by atoms with van der Waals surface area (Å²) in [7, 11) is 0. The molecular weight excluding hydrogens is 268 g/mol. The molecule has 1 aliphatic heterocycles. The molecule has 2 atom stereocenters. The maximum absolute atomic E-state index is 5.90. The van der Waals surface area contributed by atoms with Crippen LogP contribution in [0.3, 0.4) is 0 Å². The highest BCUT2D eigenvalue weighted by atomic mass is 32.1. The molecule has 1 fully saturated rings. The zero-order valence-corrected chi connectivity index (χ0v) is 13.2. The topological polar surface area (TPSA) is 55.0 Å². The molecule has 0 saturated carbocycles. The van der Waals surface area contributed by atoms with Crippen molar-refractivity contribution in [3.8, 4) is 0 Å². The molecule has 20 heavy (non-hydrogen) atoms. The number of rotatable bonds is 2. The van der Waals surface area contributed by atoms with Crippen LogP contribution in [-0.4, -0.2) is 23.1 Å². The molecule has 108 valence electrons. The highest BCUT2D eigenvalue weighted by Crippen LogP contribution is 2.34. The average molecular weight is 290 g/mol. The van der Waals surface area contributed by atoms with E-state index >= 15 is 0 Å². The molecule has 2 aromatic rings. The number of aryl methyl sites for hydroxylation is 1. The van der Waals surface area contributed by atoms with Gasteiger partial charge in [-0.3, -0.25) is 0 Å². The van der Waals surface area contributed by atoms with Crippen molar-refractivity contribution in [3.63, 3.8) is 0 Å². The van der Waals surface area contributed by atoms with Crippen LogP contribution < -0.4 is 10.6 Å². The third kappa shape index (κ3) is 2.35. The molecule has 2 unspecified atom stereocenters. The Labute approximate surface area is 124 Å². The first-order valence-corrected chi connectivity index (χ1v) is 8.21. The molecule has 3 rings (SSSR count). The fourth-order valence-corrected chi connectivity index (χ4v) is 3.81. The van der Waals surface area contributed by atoms with Crippen molar-refractivity contribution >= 4 is 33.3 Å². The van der Waals surface area contributed by atoms with E-state index in [0.29, 0.717) is 11.9 Å². The van der Waals surface area contributed by atoms with Crippen LogP contribution in [0.1, 0.15) is 32.1 Å². The maximum atomic E-state index is 5.90. The summed E-state index contributed by atoms with van der Waals surface area (Å²) < 4.78 is 0. The Bertz CT molecular complexity index is 622. The average Bonchev–Trinajstić information content (AvgIpc) is 2.83. The third-order valence-corrected chi connectivity index (χ3v) is 5.60. The lowest BCUT2D eigenvalue weighted by Crippen LogP contribution is -2.39. The summed E-state index contributed by atoms with van der Waals surface area (Å²) in [6.07, 6.45) is 2.26. The van der Waals surface area contributed by atoms with E-state index in [1.54, 1.807) is 11.3 Å². The van der Waals surface area contributed by atoms with Crippen LogP contribution in [0.2, 0.25) is 0 Å². The van der Waals surface area contributed by atoms with Crippen molar-refractivity contribution in [2.45, 2.75) is 33.6 Å². The largest absolute Gasteiger partial charge is 0.368 e. The number of hydrogen-bond donors (Lipinski definition) is 1. The Morgan fingerprint density at radius 1 is 1.35 bits per heavy atom. The Hall–Kier alpha value is -1.36. The normalized spacial score (nSPS) is 23.4. The van der Waals surface area contributed by atoms with Crippen LogP contribution in [0.4, 0.5) is 11.8 Å². The van der Waals surface area contributed by atoms with Gasteiger partial charge in [-0.15, -0.1) is 11.3 Å². The molecule has 0 radical (unpaired) electrons. The van der Waals surface area contributed by atoms with Gasteiger partial charge in [-0.25, -0.2) is 4.98 Å². The molecule has 1 saturated heterocycles. The van der Waals surface area contributed by atoms with E-state index in [2.05, 4.69) is 41.7 Å². The highest BCUT2D eigenvalue weighted by molar-refractivity contribution is 7.18. The SMILES string of the molecule is CCc1cc2c(N3CCC(C)C(C)C3)nc(N)nc2s1. The van der Waals surface area contributed by atoms with E-state index < -0.39 is 0 Å². The van der Waals surface area contributed by atoms with Crippen LogP contribution in [-0.2, 0) is 6.42 Å². The second-order valence-electron chi connectivity index (χ2n) is 5.88. The molecule has 3 heterocycles. The molecule has 2 N–H and O–H groups in total. The Kier molecular flexibility index (Phi) is 3.54. The molecular formula is C15H22N4S. The molecule has 0 spiro atoms. The van der Waals surface area contributed by atoms with E-state index in [1.165, 1.54) is 16.7 Å². The van der Waals surface area contributed by atoms with Crippen LogP contribution >= 0.6 is 11.3 Å². The quantitative estimate of drug-likeness (QED) is 0.922. The predicted molar refractivity (Wildman–Crippen MR) is 86.4 cm³/mol. The van der Waals surface area contributed by atoms with Crippen LogP contribution in [0.25, 0.3) is 10.2 Å². The number of thiophene rings is 1. The van der Waals surface area contributed by atoms with Gasteiger partial charge < -0.3 is 10.6 Å². The Balaban J connectivity index is 2.03. The predicted octanol–water partition coefficient (Wildman–Crippen LogP) is 3.32. The molecule has 5 heteroatoms. The number of nitrogens with two attached hydrogens (primary N) is 1. The minimum absolute atomic E-state index is 0.392. The van der Waals surface area contributed by atoms with Gasteiger partial charge in [0, 0.05) is 18.0 Å². The van der Waals surface area contributed by atoms with Gasteiger partial charge in [0.15, 0.2) is 0 Å². The number of aromatic nitrogens is 2. The van der Waals surface area contributed by atoms with Crippen molar-refractivity contribution in [3.05, 3.63) is 10.9 Å². The van der Waals surface area contributed by atoms with E-state index in [-0.39, 0.29) is 0 Å². The van der Waals surface area contributed by atoms with Crippen LogP contribution in [0.5, 0.6) is 0 Å². The van der Waals surface area contributed by atoms with Crippen LogP contribution in [0, 0.1) is 11.8 Å². The Morgan fingerprint density at radius 3 is 2.85 bits per heavy atom. The van der Waals surface area contributed by atoms with E-state index in [4.69, 9.17) is 5.73 Å². The first-order valence-electron chi connectivity index (χ1n) is 7.39. The van der Waals surface area contributed by atoms with Gasteiger partial charge in [0.25, 0.3) is 0 Å². The lowest BCUT2D eigenvalue weighted by Gasteiger charge is -2.36. The number of anilines is 2. The van der Waals surface area contributed by atoms with Gasteiger partial charge in [0.2, 0.25) is 5.95 Å². The van der Waals surface area contributed by atoms with Gasteiger partial charge in [-0.1, -0.05) is 20.8 Å². The summed E-state index contributed by atoms with van der Waals surface area (Å²) in [5, 5.41) is 1.17. The summed E-state index contributed by atoms with van der Waals surface area (Å²) in [5.41, 5.74) is 5.90. The first-order chi connectivity index (χ1) is 9.58. The second-order valence-corrected chi connectivity index (χ2v) is 6.99. The van der Waals surface area contributed by atoms with Gasteiger partial charge in [0.05, 0.1) is 5.39 Å². The summed E-state index contributed by atoms with van der Waals surface area (Å²) in [5.74, 6) is 2.90. The molecule has 0 bridgehead atoms. The fraction of sp³-hybridized carbons (Fsp3) is 0.600. The maximum Gasteiger partial charge on any atom is 0.223 e. The van der Waals surface area contributed by atoms with Crippen molar-refractivity contribution in [1.29, 1.82) is 0 Å². The standard InChI is InChI=1S/C15H22N4S/c1-4-11-7-12-13(17-15(16)18-14(12)20-11)19-6-5-9(2)10(3)8-19/h7,9-10H,4-6,8H2,1-3H3,(H2,16,17,18). The van der Waals surface area contributed by atoms with Crippen molar-refractivity contribution < 1.29 is 0 Å². The summed E-state index contributed by atoms with van der Waals surface area (Å²) in [4.78, 5) is 13.7. The highest BCUT2D eigenvalue weighted by Gasteiger charge is 2.25. The zero-order chi connectivity index (χ0) is 14.3. The minimum atomic E-state index is 0.392. The number of nitrogens with zero attached hydrogens (tertiary/aromatic N) is 3. The first kappa shape index (κ1) is 13.6. The number of nitrogen functional groups attached to an aromatic ring is 1. The van der Waals surface area contributed by atoms with E-state index in [9.17, 15) is 0 Å². The van der Waals surface area contributed by atoms with Gasteiger partial charge in [-0.2, -0.15) is 4.98 Å². The molecule has 0 aromatic carbocycles. The fourth-order valence-electron chi connectivity index (χ4n) is 2.84.